The van der Waals surface area contributed by atoms with E-state index in [1.807, 2.05) is 19.2 Å². The minimum Gasteiger partial charge on any atom is -0.494 e. The van der Waals surface area contributed by atoms with Gasteiger partial charge in [-0.25, -0.2) is 4.39 Å². The van der Waals surface area contributed by atoms with Crippen molar-refractivity contribution in [3.8, 4) is 5.75 Å². The highest BCUT2D eigenvalue weighted by Crippen LogP contribution is 2.24. The molecule has 1 heterocycles. The summed E-state index contributed by atoms with van der Waals surface area (Å²) in [5, 5.41) is 3.41. The predicted octanol–water partition coefficient (Wildman–Crippen LogP) is 3.43. The molecule has 1 atom stereocenters. The van der Waals surface area contributed by atoms with Crippen LogP contribution in [0.25, 0.3) is 0 Å². The van der Waals surface area contributed by atoms with Crippen molar-refractivity contribution >= 4 is 0 Å². The molecule has 21 heavy (non-hydrogen) atoms. The van der Waals surface area contributed by atoms with E-state index in [0.29, 0.717) is 0 Å². The van der Waals surface area contributed by atoms with Crippen LogP contribution in [0.2, 0.25) is 0 Å². The fraction of sp³-hybridized carbons (Fsp3) is 0.353. The van der Waals surface area contributed by atoms with Gasteiger partial charge in [-0.2, -0.15) is 0 Å². The first-order chi connectivity index (χ1) is 10.1. The van der Waals surface area contributed by atoms with Gasteiger partial charge >= 0.3 is 0 Å². The fourth-order valence-electron chi connectivity index (χ4n) is 2.28. The maximum Gasteiger partial charge on any atom is 0.165 e. The van der Waals surface area contributed by atoms with Crippen LogP contribution in [0.4, 0.5) is 4.39 Å². The number of benzene rings is 1. The summed E-state index contributed by atoms with van der Waals surface area (Å²) in [6.07, 6.45) is 2.62. The third kappa shape index (κ3) is 4.02. The van der Waals surface area contributed by atoms with E-state index in [1.165, 1.54) is 13.2 Å². The van der Waals surface area contributed by atoms with Gasteiger partial charge in [0.15, 0.2) is 11.6 Å². The molecular weight excluding hydrogens is 267 g/mol. The number of pyridine rings is 1. The number of aromatic nitrogens is 1. The highest BCUT2D eigenvalue weighted by atomic mass is 19.1. The van der Waals surface area contributed by atoms with Crippen molar-refractivity contribution < 1.29 is 9.13 Å². The first-order valence-corrected chi connectivity index (χ1v) is 7.12. The molecule has 1 unspecified atom stereocenters. The molecule has 112 valence electrons. The van der Waals surface area contributed by atoms with Gasteiger partial charge in [-0.3, -0.25) is 4.98 Å². The van der Waals surface area contributed by atoms with Gasteiger partial charge in [0.1, 0.15) is 0 Å². The number of nitrogens with one attached hydrogen (secondary N) is 1. The second kappa shape index (κ2) is 7.18. The van der Waals surface area contributed by atoms with Gasteiger partial charge in [0, 0.05) is 24.4 Å². The number of aryl methyl sites for hydroxylation is 1. The van der Waals surface area contributed by atoms with Crippen LogP contribution in [0, 0.1) is 12.7 Å². The Morgan fingerprint density at radius 1 is 1.29 bits per heavy atom. The smallest absolute Gasteiger partial charge is 0.165 e. The maximum absolute atomic E-state index is 13.5. The Balaban J connectivity index is 2.23. The average molecular weight is 288 g/mol. The van der Waals surface area contributed by atoms with Crippen LogP contribution in [0.5, 0.6) is 5.75 Å². The Morgan fingerprint density at radius 3 is 2.71 bits per heavy atom. The molecule has 1 N–H and O–H groups in total. The summed E-state index contributed by atoms with van der Waals surface area (Å²) < 4.78 is 18.6. The predicted molar refractivity (Wildman–Crippen MR) is 82.0 cm³/mol. The van der Waals surface area contributed by atoms with Crippen molar-refractivity contribution in [3.63, 3.8) is 0 Å². The van der Waals surface area contributed by atoms with E-state index in [-0.39, 0.29) is 17.6 Å². The second-order valence-corrected chi connectivity index (χ2v) is 5.04. The normalized spacial score (nSPS) is 12.2. The quantitative estimate of drug-likeness (QED) is 0.884. The van der Waals surface area contributed by atoms with E-state index in [4.69, 9.17) is 4.74 Å². The summed E-state index contributed by atoms with van der Waals surface area (Å²) in [5.74, 6) is -0.0720. The molecule has 1 aromatic carbocycles. The largest absolute Gasteiger partial charge is 0.494 e. The fourth-order valence-corrected chi connectivity index (χ4v) is 2.28. The number of halogens is 1. The third-order valence-electron chi connectivity index (χ3n) is 3.41. The van der Waals surface area contributed by atoms with Crippen molar-refractivity contribution in [3.05, 3.63) is 59.2 Å². The van der Waals surface area contributed by atoms with Crippen LogP contribution in [-0.4, -0.2) is 18.6 Å². The lowest BCUT2D eigenvalue weighted by Crippen LogP contribution is -2.23. The number of rotatable bonds is 6. The summed E-state index contributed by atoms with van der Waals surface area (Å²) in [5.41, 5.74) is 3.15. The zero-order chi connectivity index (χ0) is 15.2. The summed E-state index contributed by atoms with van der Waals surface area (Å²) in [4.78, 5) is 4.44. The van der Waals surface area contributed by atoms with Crippen LogP contribution >= 0.6 is 0 Å². The zero-order valence-electron chi connectivity index (χ0n) is 12.7. The molecule has 0 fully saturated rings. The van der Waals surface area contributed by atoms with Gasteiger partial charge in [-0.05, 0) is 42.8 Å². The topological polar surface area (TPSA) is 34.2 Å². The zero-order valence-corrected chi connectivity index (χ0v) is 12.7. The lowest BCUT2D eigenvalue weighted by molar-refractivity contribution is 0.384. The van der Waals surface area contributed by atoms with Crippen LogP contribution in [0.15, 0.2) is 36.5 Å². The van der Waals surface area contributed by atoms with Gasteiger partial charge in [0.2, 0.25) is 0 Å². The molecule has 3 nitrogen and oxygen atoms in total. The molecule has 0 aliphatic rings. The maximum atomic E-state index is 13.5. The number of hydrogen-bond acceptors (Lipinski definition) is 3. The average Bonchev–Trinajstić information content (AvgIpc) is 2.49. The van der Waals surface area contributed by atoms with Gasteiger partial charge in [-0.15, -0.1) is 0 Å². The van der Waals surface area contributed by atoms with Crippen LogP contribution in [0.3, 0.4) is 0 Å². The lowest BCUT2D eigenvalue weighted by atomic mass is 10.0. The van der Waals surface area contributed by atoms with Crippen LogP contribution in [-0.2, 0) is 6.42 Å². The highest BCUT2D eigenvalue weighted by Gasteiger charge is 2.14. The van der Waals surface area contributed by atoms with Gasteiger partial charge in [-0.1, -0.05) is 19.1 Å². The molecule has 0 aliphatic heterocycles. The number of nitrogens with zero attached hydrogens (tertiary/aromatic N) is 1. The Bertz CT molecular complexity index is 584. The summed E-state index contributed by atoms with van der Waals surface area (Å²) in [7, 11) is 1.48. The lowest BCUT2D eigenvalue weighted by Gasteiger charge is -2.19. The number of likely N-dealkylation sites (N-methyl/N-ethyl adjacent to an activating group) is 1. The highest BCUT2D eigenvalue weighted by molar-refractivity contribution is 5.33. The van der Waals surface area contributed by atoms with Crippen LogP contribution in [0.1, 0.15) is 29.8 Å². The Kier molecular flexibility index (Phi) is 5.28. The molecule has 0 spiro atoms. The molecule has 4 heteroatoms. The molecule has 0 radical (unpaired) electrons. The molecule has 2 aromatic rings. The molecule has 0 amide bonds. The Labute approximate surface area is 125 Å². The van der Waals surface area contributed by atoms with E-state index in [2.05, 4.69) is 23.3 Å². The van der Waals surface area contributed by atoms with Crippen molar-refractivity contribution in [2.45, 2.75) is 26.3 Å². The number of ether oxygens (including phenoxy) is 1. The molecule has 0 aliphatic carbocycles. The Morgan fingerprint density at radius 2 is 2.10 bits per heavy atom. The van der Waals surface area contributed by atoms with E-state index in [1.54, 1.807) is 12.1 Å². The SMILES string of the molecule is CCNC(Cc1ccc(C)cn1)c1ccc(F)c(OC)c1. The standard InChI is InChI=1S/C17H21FN2O/c1-4-19-16(10-14-7-5-12(2)11-20-14)13-6-8-15(18)17(9-13)21-3/h5-9,11,16,19H,4,10H2,1-3H3. The van der Waals surface area contributed by atoms with Gasteiger partial charge in [0.05, 0.1) is 7.11 Å². The van der Waals surface area contributed by atoms with Crippen molar-refractivity contribution in [2.75, 3.05) is 13.7 Å². The van der Waals surface area contributed by atoms with Gasteiger partial charge < -0.3 is 10.1 Å². The molecular formula is C17H21FN2O. The van der Waals surface area contributed by atoms with Crippen molar-refractivity contribution in [1.82, 2.24) is 10.3 Å². The van der Waals surface area contributed by atoms with Crippen LogP contribution < -0.4 is 10.1 Å². The summed E-state index contributed by atoms with van der Waals surface area (Å²) >= 11 is 0. The molecule has 0 saturated carbocycles. The summed E-state index contributed by atoms with van der Waals surface area (Å²) in [6.45, 7) is 4.90. The third-order valence-corrected chi connectivity index (χ3v) is 3.41. The Hall–Kier alpha value is -1.94. The molecule has 1 aromatic heterocycles. The van der Waals surface area contributed by atoms with Crippen molar-refractivity contribution in [1.29, 1.82) is 0 Å². The first-order valence-electron chi connectivity index (χ1n) is 7.12. The van der Waals surface area contributed by atoms with E-state index >= 15 is 0 Å². The monoisotopic (exact) mass is 288 g/mol. The second-order valence-electron chi connectivity index (χ2n) is 5.04. The molecule has 0 bridgehead atoms. The summed E-state index contributed by atoms with van der Waals surface area (Å²) in [6, 6.07) is 9.15. The molecule has 2 rings (SSSR count). The van der Waals surface area contributed by atoms with E-state index in [9.17, 15) is 4.39 Å². The van der Waals surface area contributed by atoms with Crippen molar-refractivity contribution in [2.24, 2.45) is 0 Å². The first kappa shape index (κ1) is 15.4. The van der Waals surface area contributed by atoms with E-state index in [0.717, 1.165) is 29.8 Å². The van der Waals surface area contributed by atoms with Gasteiger partial charge in [0.25, 0.3) is 0 Å². The van der Waals surface area contributed by atoms with E-state index < -0.39 is 0 Å². The number of methoxy groups -OCH3 is 1. The minimum absolute atomic E-state index is 0.0831. The minimum atomic E-state index is -0.343. The number of hydrogen-bond donors (Lipinski definition) is 1. The molecule has 0 saturated heterocycles.